The molecule has 25 heavy (non-hydrogen) atoms. The van der Waals surface area contributed by atoms with Crippen molar-refractivity contribution in [3.63, 3.8) is 0 Å². The molecule has 0 aliphatic rings. The lowest BCUT2D eigenvalue weighted by Crippen LogP contribution is -2.55. The minimum absolute atomic E-state index is 0.383. The molecule has 0 aromatic heterocycles. The second-order valence-electron chi connectivity index (χ2n) is 7.27. The third-order valence-electron chi connectivity index (χ3n) is 4.75. The number of amides is 1. The van der Waals surface area contributed by atoms with Crippen LogP contribution in [0.15, 0.2) is 0 Å². The largest absolute Gasteiger partial charge is 0.364 e. The molecule has 0 atom stereocenters. The highest BCUT2D eigenvalue weighted by Gasteiger charge is 2.29. The number of hydrogen-bond acceptors (Lipinski definition) is 4. The highest BCUT2D eigenvalue weighted by molar-refractivity contribution is 5.80. The van der Waals surface area contributed by atoms with Crippen molar-refractivity contribution in [3.8, 4) is 0 Å². The molecule has 0 fully saturated rings. The number of rotatable bonds is 19. The van der Waals surface area contributed by atoms with Crippen LogP contribution in [0, 0.1) is 0 Å². The van der Waals surface area contributed by atoms with E-state index in [0.29, 0.717) is 6.54 Å². The van der Waals surface area contributed by atoms with Crippen LogP contribution in [-0.2, 0) is 4.79 Å². The molecule has 0 radical (unpaired) electrons. The number of aliphatic hydroxyl groups is 2. The number of nitrogens with two attached hydrogens (primary N) is 1. The Morgan fingerprint density at radius 2 is 1.04 bits per heavy atom. The van der Waals surface area contributed by atoms with Gasteiger partial charge < -0.3 is 15.9 Å². The molecule has 0 aromatic carbocycles. The fraction of sp³-hybridized carbons (Fsp3) is 0.950. The Labute approximate surface area is 154 Å². The summed E-state index contributed by atoms with van der Waals surface area (Å²) in [5.41, 5.74) is 4.84. The first-order chi connectivity index (χ1) is 12.0. The average molecular weight is 359 g/mol. The highest BCUT2D eigenvalue weighted by atomic mass is 16.5. The van der Waals surface area contributed by atoms with Crippen LogP contribution in [0.5, 0.6) is 0 Å². The van der Waals surface area contributed by atoms with E-state index < -0.39 is 11.8 Å². The molecule has 0 saturated heterocycles. The van der Waals surface area contributed by atoms with Gasteiger partial charge in [0.25, 0.3) is 5.91 Å². The van der Waals surface area contributed by atoms with Gasteiger partial charge in [-0.2, -0.15) is 0 Å². The molecule has 0 saturated carbocycles. The first-order valence-corrected chi connectivity index (χ1v) is 10.5. The Hall–Kier alpha value is -0.650. The van der Waals surface area contributed by atoms with Gasteiger partial charge in [-0.15, -0.1) is 0 Å². The number of carbonyl (C=O) groups is 1. The Balaban J connectivity index is 3.13. The van der Waals surface area contributed by atoms with Crippen molar-refractivity contribution in [2.45, 2.75) is 116 Å². The second kappa shape index (κ2) is 16.8. The molecule has 0 unspecified atom stereocenters. The zero-order chi connectivity index (χ0) is 18.8. The van der Waals surface area contributed by atoms with E-state index in [1.54, 1.807) is 0 Å². The Kier molecular flexibility index (Phi) is 16.4. The number of carbonyl (C=O) groups excluding carboxylic acids is 1. The predicted octanol–water partition coefficient (Wildman–Crippen LogP) is 3.96. The molecule has 0 rings (SSSR count). The molecular weight excluding hydrogens is 316 g/mol. The molecule has 0 heterocycles. The summed E-state index contributed by atoms with van der Waals surface area (Å²) in [5.74, 6) is -3.74. The van der Waals surface area contributed by atoms with Crippen molar-refractivity contribution in [3.05, 3.63) is 0 Å². The van der Waals surface area contributed by atoms with Crippen LogP contribution in [0.1, 0.15) is 110 Å². The number of hydrogen-bond donors (Lipinski definition) is 4. The van der Waals surface area contributed by atoms with E-state index in [9.17, 15) is 15.0 Å². The minimum atomic E-state index is -2.57. The lowest BCUT2D eigenvalue weighted by atomic mass is 10.0. The zero-order valence-electron chi connectivity index (χ0n) is 16.4. The van der Waals surface area contributed by atoms with E-state index in [1.807, 2.05) is 0 Å². The summed E-state index contributed by atoms with van der Waals surface area (Å²) in [6.45, 7) is 2.65. The molecule has 1 amide bonds. The standard InChI is InChI=1S/C20H42N2O3/c1-2-3-4-5-6-7-8-9-10-11-12-13-14-15-16-17-18-22-20(24,25)19(21)23/h22,24-25H,2-18H2,1H3,(H2,21,23). The molecule has 0 aliphatic heterocycles. The van der Waals surface area contributed by atoms with Gasteiger partial charge in [0.05, 0.1) is 0 Å². The molecule has 5 N–H and O–H groups in total. The van der Waals surface area contributed by atoms with Crippen molar-refractivity contribution in [1.82, 2.24) is 5.32 Å². The third-order valence-corrected chi connectivity index (χ3v) is 4.75. The lowest BCUT2D eigenvalue weighted by molar-refractivity contribution is -0.194. The molecule has 0 spiro atoms. The molecule has 0 aliphatic carbocycles. The monoisotopic (exact) mass is 358 g/mol. The van der Waals surface area contributed by atoms with Gasteiger partial charge in [0.15, 0.2) is 0 Å². The van der Waals surface area contributed by atoms with Gasteiger partial charge in [0.2, 0.25) is 0 Å². The fourth-order valence-electron chi connectivity index (χ4n) is 3.02. The Bertz CT molecular complexity index is 309. The minimum Gasteiger partial charge on any atom is -0.364 e. The maximum Gasteiger partial charge on any atom is 0.306 e. The topological polar surface area (TPSA) is 95.6 Å². The van der Waals surface area contributed by atoms with Crippen LogP contribution < -0.4 is 11.1 Å². The van der Waals surface area contributed by atoms with Crippen LogP contribution in [0.25, 0.3) is 0 Å². The lowest BCUT2D eigenvalue weighted by Gasteiger charge is -2.18. The zero-order valence-corrected chi connectivity index (χ0v) is 16.4. The van der Waals surface area contributed by atoms with Crippen molar-refractivity contribution >= 4 is 5.91 Å². The molecule has 150 valence electrons. The maximum atomic E-state index is 10.7. The number of primary amides is 1. The molecule has 0 bridgehead atoms. The van der Waals surface area contributed by atoms with E-state index in [2.05, 4.69) is 12.2 Å². The number of unbranched alkanes of at least 4 members (excludes halogenated alkanes) is 15. The van der Waals surface area contributed by atoms with E-state index in [-0.39, 0.29) is 0 Å². The SMILES string of the molecule is CCCCCCCCCCCCCCCCCCNC(O)(O)C(N)=O. The summed E-state index contributed by atoms with van der Waals surface area (Å²) in [7, 11) is 0. The maximum absolute atomic E-state index is 10.7. The first kappa shape index (κ1) is 24.4. The highest BCUT2D eigenvalue weighted by Crippen LogP contribution is 2.13. The van der Waals surface area contributed by atoms with Gasteiger partial charge in [-0.3, -0.25) is 10.1 Å². The average Bonchev–Trinajstić information content (AvgIpc) is 2.57. The van der Waals surface area contributed by atoms with E-state index in [1.165, 1.54) is 83.5 Å². The molecule has 0 aromatic rings. The third kappa shape index (κ3) is 16.6. The molecular formula is C20H42N2O3. The van der Waals surface area contributed by atoms with Gasteiger partial charge >= 0.3 is 5.91 Å². The van der Waals surface area contributed by atoms with Gasteiger partial charge in [-0.1, -0.05) is 103 Å². The summed E-state index contributed by atoms with van der Waals surface area (Å²) in [6, 6.07) is 0. The van der Waals surface area contributed by atoms with Crippen LogP contribution in [0.3, 0.4) is 0 Å². The normalized spacial score (nSPS) is 11.8. The van der Waals surface area contributed by atoms with E-state index >= 15 is 0 Å². The quantitative estimate of drug-likeness (QED) is 0.208. The van der Waals surface area contributed by atoms with Crippen molar-refractivity contribution in [2.24, 2.45) is 5.73 Å². The van der Waals surface area contributed by atoms with E-state index in [0.717, 1.165) is 19.3 Å². The predicted molar refractivity (Wildman–Crippen MR) is 104 cm³/mol. The summed E-state index contributed by atoms with van der Waals surface area (Å²) in [5, 5.41) is 20.7. The van der Waals surface area contributed by atoms with Crippen LogP contribution >= 0.6 is 0 Å². The smallest absolute Gasteiger partial charge is 0.306 e. The fourth-order valence-corrected chi connectivity index (χ4v) is 3.02. The van der Waals surface area contributed by atoms with Crippen molar-refractivity contribution < 1.29 is 15.0 Å². The number of nitrogens with one attached hydrogen (secondary N) is 1. The van der Waals surface area contributed by atoms with E-state index in [4.69, 9.17) is 5.73 Å². The van der Waals surface area contributed by atoms with Crippen molar-refractivity contribution in [2.75, 3.05) is 6.54 Å². The Morgan fingerprint density at radius 1 is 0.720 bits per heavy atom. The van der Waals surface area contributed by atoms with Crippen LogP contribution in [0.4, 0.5) is 0 Å². The summed E-state index contributed by atoms with van der Waals surface area (Å²) < 4.78 is 0. The molecule has 5 heteroatoms. The molecule has 5 nitrogen and oxygen atoms in total. The van der Waals surface area contributed by atoms with Gasteiger partial charge in [0.1, 0.15) is 0 Å². The first-order valence-electron chi connectivity index (χ1n) is 10.5. The summed E-state index contributed by atoms with van der Waals surface area (Å²) >= 11 is 0. The van der Waals surface area contributed by atoms with Gasteiger partial charge in [-0.05, 0) is 6.42 Å². The van der Waals surface area contributed by atoms with Crippen molar-refractivity contribution in [1.29, 1.82) is 0 Å². The Morgan fingerprint density at radius 3 is 1.36 bits per heavy atom. The summed E-state index contributed by atoms with van der Waals surface area (Å²) in [6.07, 6.45) is 20.8. The van der Waals surface area contributed by atoms with Gasteiger partial charge in [0, 0.05) is 6.54 Å². The summed E-state index contributed by atoms with van der Waals surface area (Å²) in [4.78, 5) is 10.7. The second-order valence-corrected chi connectivity index (χ2v) is 7.27. The van der Waals surface area contributed by atoms with Crippen LogP contribution in [-0.4, -0.2) is 28.6 Å². The van der Waals surface area contributed by atoms with Crippen LogP contribution in [0.2, 0.25) is 0 Å². The van der Waals surface area contributed by atoms with Gasteiger partial charge in [-0.25, -0.2) is 0 Å².